The smallest absolute Gasteiger partial charge is 0.330 e. The van der Waals surface area contributed by atoms with Crippen molar-refractivity contribution in [1.82, 2.24) is 0 Å². The Morgan fingerprint density at radius 3 is 1.48 bits per heavy atom. The Kier molecular flexibility index (Phi) is 12.9. The van der Waals surface area contributed by atoms with Gasteiger partial charge >= 0.3 is 11.9 Å². The summed E-state index contributed by atoms with van der Waals surface area (Å²) in [6.45, 7) is 12.3. The van der Waals surface area contributed by atoms with E-state index < -0.39 is 11.9 Å². The van der Waals surface area contributed by atoms with Crippen LogP contribution in [0.3, 0.4) is 0 Å². The molecule has 0 fully saturated rings. The second-order valence-electron chi connectivity index (χ2n) is 4.67. The van der Waals surface area contributed by atoms with Gasteiger partial charge in [-0.05, 0) is 13.8 Å². The summed E-state index contributed by atoms with van der Waals surface area (Å²) in [5.74, 6) is -0.940. The lowest BCUT2D eigenvalue weighted by molar-refractivity contribution is -0.145. The molecule has 0 N–H and O–H groups in total. The van der Waals surface area contributed by atoms with Crippen LogP contribution in [0.15, 0.2) is 25.3 Å². The van der Waals surface area contributed by atoms with Gasteiger partial charge in [-0.1, -0.05) is 13.2 Å². The van der Waals surface area contributed by atoms with Gasteiger partial charge in [-0.15, -0.1) is 0 Å². The molecule has 2 atom stereocenters. The van der Waals surface area contributed by atoms with E-state index in [0.717, 1.165) is 12.2 Å². The molecule has 0 aromatic carbocycles. The highest BCUT2D eigenvalue weighted by molar-refractivity contribution is 5.81. The topological polar surface area (TPSA) is 80.3 Å². The zero-order valence-electron chi connectivity index (χ0n) is 13.8. The Labute approximate surface area is 137 Å². The molecule has 0 aliphatic rings. The minimum absolute atomic E-state index is 0.297. The molecule has 0 rings (SSSR count). The van der Waals surface area contributed by atoms with Crippen molar-refractivity contribution in [3.8, 4) is 0 Å². The van der Waals surface area contributed by atoms with Crippen molar-refractivity contribution >= 4 is 11.9 Å². The lowest BCUT2D eigenvalue weighted by Gasteiger charge is -2.13. The van der Waals surface area contributed by atoms with Crippen LogP contribution in [0.1, 0.15) is 13.8 Å². The van der Waals surface area contributed by atoms with E-state index in [1.807, 2.05) is 0 Å². The molecule has 23 heavy (non-hydrogen) atoms. The molecule has 0 aromatic rings. The van der Waals surface area contributed by atoms with Crippen molar-refractivity contribution in [2.24, 2.45) is 0 Å². The van der Waals surface area contributed by atoms with Gasteiger partial charge in [0.25, 0.3) is 0 Å². The molecule has 132 valence electrons. The summed E-state index contributed by atoms with van der Waals surface area (Å²) in [7, 11) is 0. The molecule has 0 amide bonds. The standard InChI is InChI=1S/C16H26O7/c1-5-15(17)22-13(3)11-20-9-7-19-8-10-21-12-14(4)23-16(18)6-2/h5-6,13-14H,1-2,7-12H2,3-4H3. The zero-order chi connectivity index (χ0) is 17.5. The third-order valence-corrected chi connectivity index (χ3v) is 2.42. The van der Waals surface area contributed by atoms with Crippen LogP contribution in [0.5, 0.6) is 0 Å². The van der Waals surface area contributed by atoms with Gasteiger partial charge in [-0.25, -0.2) is 9.59 Å². The first kappa shape index (κ1) is 21.3. The van der Waals surface area contributed by atoms with E-state index in [1.165, 1.54) is 0 Å². The number of ether oxygens (including phenoxy) is 5. The fourth-order valence-electron chi connectivity index (χ4n) is 1.40. The largest absolute Gasteiger partial charge is 0.457 e. The molecule has 0 aliphatic heterocycles. The summed E-state index contributed by atoms with van der Waals surface area (Å²) >= 11 is 0. The minimum atomic E-state index is -0.470. The van der Waals surface area contributed by atoms with E-state index in [9.17, 15) is 9.59 Å². The lowest BCUT2D eigenvalue weighted by Crippen LogP contribution is -2.21. The van der Waals surface area contributed by atoms with Crippen LogP contribution in [0, 0.1) is 0 Å². The summed E-state index contributed by atoms with van der Waals surface area (Å²) in [4.78, 5) is 21.8. The molecule has 0 saturated heterocycles. The number of hydrogen-bond acceptors (Lipinski definition) is 7. The highest BCUT2D eigenvalue weighted by Crippen LogP contribution is 1.95. The van der Waals surface area contributed by atoms with Gasteiger partial charge in [-0.3, -0.25) is 0 Å². The van der Waals surface area contributed by atoms with Crippen molar-refractivity contribution in [3.63, 3.8) is 0 Å². The van der Waals surface area contributed by atoms with Gasteiger partial charge in [0.1, 0.15) is 12.2 Å². The highest BCUT2D eigenvalue weighted by Gasteiger charge is 2.07. The van der Waals surface area contributed by atoms with Crippen molar-refractivity contribution < 1.29 is 33.3 Å². The average Bonchev–Trinajstić information content (AvgIpc) is 2.52. The fourth-order valence-corrected chi connectivity index (χ4v) is 1.40. The van der Waals surface area contributed by atoms with Gasteiger partial charge in [0, 0.05) is 12.2 Å². The van der Waals surface area contributed by atoms with E-state index in [1.54, 1.807) is 13.8 Å². The van der Waals surface area contributed by atoms with Crippen LogP contribution in [0.2, 0.25) is 0 Å². The summed E-state index contributed by atoms with van der Waals surface area (Å²) < 4.78 is 25.8. The predicted octanol–water partition coefficient (Wildman–Crippen LogP) is 1.27. The molecular formula is C16H26O7. The van der Waals surface area contributed by atoms with Gasteiger partial charge in [0.15, 0.2) is 0 Å². The first-order valence-corrected chi connectivity index (χ1v) is 7.38. The van der Waals surface area contributed by atoms with E-state index >= 15 is 0 Å². The number of carbonyl (C=O) groups excluding carboxylic acids is 2. The van der Waals surface area contributed by atoms with Crippen molar-refractivity contribution in [1.29, 1.82) is 0 Å². The van der Waals surface area contributed by atoms with Gasteiger partial charge in [0.05, 0.1) is 39.6 Å². The number of carbonyl (C=O) groups is 2. The lowest BCUT2D eigenvalue weighted by atomic mass is 10.4. The number of esters is 2. The number of rotatable bonds is 14. The zero-order valence-corrected chi connectivity index (χ0v) is 13.8. The summed E-state index contributed by atoms with van der Waals surface area (Å²) in [6, 6.07) is 0. The predicted molar refractivity (Wildman–Crippen MR) is 84.0 cm³/mol. The monoisotopic (exact) mass is 330 g/mol. The normalized spacial score (nSPS) is 13.0. The molecule has 0 aromatic heterocycles. The van der Waals surface area contributed by atoms with E-state index in [0.29, 0.717) is 39.6 Å². The molecule has 0 radical (unpaired) electrons. The molecular weight excluding hydrogens is 304 g/mol. The van der Waals surface area contributed by atoms with Crippen molar-refractivity contribution in [3.05, 3.63) is 25.3 Å². The Morgan fingerprint density at radius 2 is 1.13 bits per heavy atom. The van der Waals surface area contributed by atoms with Crippen LogP contribution < -0.4 is 0 Å². The second kappa shape index (κ2) is 13.9. The van der Waals surface area contributed by atoms with Gasteiger partial charge in [0.2, 0.25) is 0 Å². The molecule has 0 bridgehead atoms. The minimum Gasteiger partial charge on any atom is -0.457 e. The molecule has 0 saturated carbocycles. The van der Waals surface area contributed by atoms with Crippen LogP contribution in [-0.4, -0.2) is 63.8 Å². The van der Waals surface area contributed by atoms with Crippen LogP contribution in [0.4, 0.5) is 0 Å². The summed E-state index contributed by atoms with van der Waals surface area (Å²) in [5, 5.41) is 0. The molecule has 0 spiro atoms. The molecule has 0 heterocycles. The van der Waals surface area contributed by atoms with E-state index in [2.05, 4.69) is 13.2 Å². The fraction of sp³-hybridized carbons (Fsp3) is 0.625. The van der Waals surface area contributed by atoms with E-state index in [4.69, 9.17) is 23.7 Å². The third kappa shape index (κ3) is 13.7. The Morgan fingerprint density at radius 1 is 0.783 bits per heavy atom. The summed E-state index contributed by atoms with van der Waals surface area (Å²) in [5.41, 5.74) is 0. The van der Waals surface area contributed by atoms with Gasteiger partial charge in [-0.2, -0.15) is 0 Å². The Hall–Kier alpha value is -1.70. The maximum Gasteiger partial charge on any atom is 0.330 e. The number of hydrogen-bond donors (Lipinski definition) is 0. The van der Waals surface area contributed by atoms with Crippen LogP contribution >= 0.6 is 0 Å². The van der Waals surface area contributed by atoms with Gasteiger partial charge < -0.3 is 23.7 Å². The van der Waals surface area contributed by atoms with Crippen LogP contribution in [-0.2, 0) is 33.3 Å². The van der Waals surface area contributed by atoms with Crippen molar-refractivity contribution in [2.75, 3.05) is 39.6 Å². The van der Waals surface area contributed by atoms with Crippen molar-refractivity contribution in [2.45, 2.75) is 26.1 Å². The Bertz CT molecular complexity index is 333. The second-order valence-corrected chi connectivity index (χ2v) is 4.67. The summed E-state index contributed by atoms with van der Waals surface area (Å²) in [6.07, 6.45) is 1.56. The quantitative estimate of drug-likeness (QED) is 0.269. The maximum absolute atomic E-state index is 10.9. The molecule has 0 aliphatic carbocycles. The van der Waals surface area contributed by atoms with E-state index in [-0.39, 0.29) is 12.2 Å². The average molecular weight is 330 g/mol. The molecule has 2 unspecified atom stereocenters. The first-order valence-electron chi connectivity index (χ1n) is 7.38. The maximum atomic E-state index is 10.9. The van der Waals surface area contributed by atoms with Crippen LogP contribution in [0.25, 0.3) is 0 Å². The molecule has 7 nitrogen and oxygen atoms in total. The Balaban J connectivity index is 3.36. The third-order valence-electron chi connectivity index (χ3n) is 2.42. The SMILES string of the molecule is C=CC(=O)OC(C)COCCOCCOCC(C)OC(=O)C=C. The molecule has 7 heteroatoms. The highest BCUT2D eigenvalue weighted by atomic mass is 16.6. The first-order chi connectivity index (χ1) is 11.0.